The molecule has 6 heteroatoms. The maximum atomic E-state index is 12.5. The fourth-order valence-electron chi connectivity index (χ4n) is 3.99. The molecule has 146 valence electrons. The van der Waals surface area contributed by atoms with Gasteiger partial charge in [-0.25, -0.2) is 9.59 Å². The van der Waals surface area contributed by atoms with E-state index in [1.54, 1.807) is 24.3 Å². The first-order chi connectivity index (χ1) is 13.6. The van der Waals surface area contributed by atoms with Crippen molar-refractivity contribution < 1.29 is 24.2 Å². The summed E-state index contributed by atoms with van der Waals surface area (Å²) in [5.41, 5.74) is 4.16. The summed E-state index contributed by atoms with van der Waals surface area (Å²) < 4.78 is 11.2. The molecule has 0 saturated carbocycles. The lowest BCUT2D eigenvalue weighted by atomic mass is 9.84. The molecule has 0 spiro atoms. The summed E-state index contributed by atoms with van der Waals surface area (Å²) in [5.74, 6) is -0.658. The minimum absolute atomic E-state index is 0.210. The van der Waals surface area contributed by atoms with Crippen LogP contribution >= 0.6 is 11.3 Å². The van der Waals surface area contributed by atoms with Crippen LogP contribution in [0.3, 0.4) is 0 Å². The zero-order valence-corrected chi connectivity index (χ0v) is 16.6. The molecular weight excluding hydrogens is 376 g/mol. The van der Waals surface area contributed by atoms with Crippen LogP contribution in [0.25, 0.3) is 16.0 Å². The number of allylic oxidation sites excluding steroid dienone is 1. The average molecular weight is 398 g/mol. The second kappa shape index (κ2) is 7.80. The average Bonchev–Trinajstić information content (AvgIpc) is 3.09. The number of fused-ring (bicyclic) bond motifs is 3. The van der Waals surface area contributed by atoms with E-state index in [0.717, 1.165) is 35.3 Å². The Labute approximate surface area is 167 Å². The zero-order chi connectivity index (χ0) is 19.7. The monoisotopic (exact) mass is 398 g/mol. The number of carboxylic acids is 1. The van der Waals surface area contributed by atoms with E-state index in [9.17, 15) is 14.7 Å². The number of aromatic carboxylic acids is 1. The van der Waals surface area contributed by atoms with Gasteiger partial charge in [-0.05, 0) is 72.9 Å². The van der Waals surface area contributed by atoms with Gasteiger partial charge in [0.1, 0.15) is 5.75 Å². The van der Waals surface area contributed by atoms with Gasteiger partial charge < -0.3 is 14.6 Å². The van der Waals surface area contributed by atoms with Crippen molar-refractivity contribution in [2.24, 2.45) is 0 Å². The zero-order valence-electron chi connectivity index (χ0n) is 15.7. The van der Waals surface area contributed by atoms with Gasteiger partial charge in [-0.2, -0.15) is 0 Å². The SMILES string of the molecule is CCOC(=O)C1=C(c2cc3c(cc2C(=O)O)-c2sccc2CCO3)CCCC1. The van der Waals surface area contributed by atoms with Crippen LogP contribution < -0.4 is 4.74 Å². The number of thiophene rings is 1. The number of ether oxygens (including phenoxy) is 2. The maximum Gasteiger partial charge on any atom is 0.336 e. The lowest BCUT2D eigenvalue weighted by Crippen LogP contribution is -2.15. The first-order valence-corrected chi connectivity index (χ1v) is 10.5. The second-order valence-corrected chi connectivity index (χ2v) is 7.87. The van der Waals surface area contributed by atoms with E-state index in [-0.39, 0.29) is 11.5 Å². The van der Waals surface area contributed by atoms with Gasteiger partial charge in [-0.3, -0.25) is 0 Å². The van der Waals surface area contributed by atoms with Crippen molar-refractivity contribution >= 4 is 28.8 Å². The molecule has 0 radical (unpaired) electrons. The Hall–Kier alpha value is -2.60. The quantitative estimate of drug-likeness (QED) is 0.739. The van der Waals surface area contributed by atoms with Crippen LogP contribution in [0.2, 0.25) is 0 Å². The minimum atomic E-state index is -0.999. The highest BCUT2D eigenvalue weighted by Crippen LogP contribution is 2.43. The van der Waals surface area contributed by atoms with Gasteiger partial charge in [0.25, 0.3) is 0 Å². The third-order valence-electron chi connectivity index (χ3n) is 5.29. The molecule has 2 heterocycles. The lowest BCUT2D eigenvalue weighted by molar-refractivity contribution is -0.138. The van der Waals surface area contributed by atoms with E-state index >= 15 is 0 Å². The Kier molecular flexibility index (Phi) is 5.22. The molecule has 0 atom stereocenters. The molecule has 28 heavy (non-hydrogen) atoms. The molecule has 0 fully saturated rings. The van der Waals surface area contributed by atoms with Crippen LogP contribution in [0.4, 0.5) is 0 Å². The Morgan fingerprint density at radius 1 is 1.18 bits per heavy atom. The molecular formula is C22H22O5S. The molecule has 4 rings (SSSR count). The summed E-state index contributed by atoms with van der Waals surface area (Å²) in [6.45, 7) is 2.63. The third-order valence-corrected chi connectivity index (χ3v) is 6.28. The summed E-state index contributed by atoms with van der Waals surface area (Å²) in [4.78, 5) is 25.7. The topological polar surface area (TPSA) is 72.8 Å². The Morgan fingerprint density at radius 3 is 2.79 bits per heavy atom. The van der Waals surface area contributed by atoms with E-state index in [2.05, 4.69) is 6.07 Å². The number of hydrogen-bond donors (Lipinski definition) is 1. The molecule has 1 aromatic heterocycles. The predicted molar refractivity (Wildman–Crippen MR) is 108 cm³/mol. The van der Waals surface area contributed by atoms with Crippen molar-refractivity contribution in [3.05, 3.63) is 45.8 Å². The minimum Gasteiger partial charge on any atom is -0.493 e. The largest absolute Gasteiger partial charge is 0.493 e. The molecule has 0 unspecified atom stereocenters. The van der Waals surface area contributed by atoms with Crippen molar-refractivity contribution in [1.29, 1.82) is 0 Å². The number of carbonyl (C=O) groups is 2. The molecule has 2 aliphatic rings. The number of esters is 1. The fraction of sp³-hybridized carbons (Fsp3) is 0.364. The van der Waals surface area contributed by atoms with Gasteiger partial charge in [-0.1, -0.05) is 0 Å². The van der Waals surface area contributed by atoms with E-state index in [0.29, 0.717) is 42.9 Å². The van der Waals surface area contributed by atoms with Gasteiger partial charge in [0.15, 0.2) is 0 Å². The Bertz CT molecular complexity index is 969. The summed E-state index contributed by atoms with van der Waals surface area (Å²) in [7, 11) is 0. The fourth-order valence-corrected chi connectivity index (χ4v) is 4.97. The predicted octanol–water partition coefficient (Wildman–Crippen LogP) is 4.94. The number of benzene rings is 1. The van der Waals surface area contributed by atoms with E-state index in [1.807, 2.05) is 11.4 Å². The standard InChI is InChI=1S/C22H22O5S/c1-2-26-22(25)15-6-4-3-5-14(15)16-12-19-18(11-17(16)21(23)24)20-13(7-9-27-19)8-10-28-20/h8,10-12H,2-7,9H2,1H3,(H,23,24). The van der Waals surface area contributed by atoms with Crippen LogP contribution in [-0.4, -0.2) is 30.3 Å². The van der Waals surface area contributed by atoms with Crippen LogP contribution in [0.5, 0.6) is 5.75 Å². The molecule has 0 amide bonds. The lowest BCUT2D eigenvalue weighted by Gasteiger charge is -2.22. The first kappa shape index (κ1) is 18.7. The van der Waals surface area contributed by atoms with Crippen molar-refractivity contribution in [1.82, 2.24) is 0 Å². The van der Waals surface area contributed by atoms with E-state index in [1.165, 1.54) is 5.56 Å². The molecule has 1 N–H and O–H groups in total. The molecule has 1 aliphatic heterocycles. The highest BCUT2D eigenvalue weighted by Gasteiger charge is 2.27. The normalized spacial score (nSPS) is 15.9. The molecule has 0 saturated heterocycles. The molecule has 5 nitrogen and oxygen atoms in total. The smallest absolute Gasteiger partial charge is 0.336 e. The molecule has 2 aromatic rings. The number of hydrogen-bond acceptors (Lipinski definition) is 5. The summed E-state index contributed by atoms with van der Waals surface area (Å²) in [6.07, 6.45) is 3.89. The van der Waals surface area contributed by atoms with Crippen molar-refractivity contribution in [3.63, 3.8) is 0 Å². The van der Waals surface area contributed by atoms with Gasteiger partial charge in [0.2, 0.25) is 0 Å². The summed E-state index contributed by atoms with van der Waals surface area (Å²) in [6, 6.07) is 5.58. The van der Waals surface area contributed by atoms with Crippen LogP contribution in [0.1, 0.15) is 54.1 Å². The number of carbonyl (C=O) groups excluding carboxylic acids is 1. The van der Waals surface area contributed by atoms with Gasteiger partial charge in [-0.15, -0.1) is 11.3 Å². The van der Waals surface area contributed by atoms with Crippen LogP contribution in [-0.2, 0) is 16.0 Å². The van der Waals surface area contributed by atoms with E-state index in [4.69, 9.17) is 9.47 Å². The van der Waals surface area contributed by atoms with E-state index < -0.39 is 5.97 Å². The van der Waals surface area contributed by atoms with Crippen molar-refractivity contribution in [2.75, 3.05) is 13.2 Å². The molecule has 1 aromatic carbocycles. The van der Waals surface area contributed by atoms with Gasteiger partial charge >= 0.3 is 11.9 Å². The van der Waals surface area contributed by atoms with Crippen LogP contribution in [0, 0.1) is 0 Å². The Balaban J connectivity index is 1.92. The number of rotatable bonds is 4. The second-order valence-electron chi connectivity index (χ2n) is 6.96. The highest BCUT2D eigenvalue weighted by molar-refractivity contribution is 7.13. The van der Waals surface area contributed by atoms with Crippen molar-refractivity contribution in [2.45, 2.75) is 39.0 Å². The first-order valence-electron chi connectivity index (χ1n) is 9.60. The third kappa shape index (κ3) is 3.33. The van der Waals surface area contributed by atoms with Gasteiger partial charge in [0, 0.05) is 22.4 Å². The molecule has 0 bridgehead atoms. The summed E-state index contributed by atoms with van der Waals surface area (Å²) >= 11 is 1.60. The Morgan fingerprint density at radius 2 is 2.00 bits per heavy atom. The number of carboxylic acid groups (broad SMARTS) is 1. The van der Waals surface area contributed by atoms with Crippen molar-refractivity contribution in [3.8, 4) is 16.2 Å². The highest BCUT2D eigenvalue weighted by atomic mass is 32.1. The molecule has 1 aliphatic carbocycles. The van der Waals surface area contributed by atoms with Gasteiger partial charge in [0.05, 0.1) is 18.8 Å². The maximum absolute atomic E-state index is 12.5. The summed E-state index contributed by atoms with van der Waals surface area (Å²) in [5, 5.41) is 11.9. The van der Waals surface area contributed by atoms with Crippen LogP contribution in [0.15, 0.2) is 29.2 Å².